The molecule has 2 aromatic rings. The maximum absolute atomic E-state index is 12.8. The second-order valence-corrected chi connectivity index (χ2v) is 6.33. The standard InChI is InChI=1S/C21H16N2O6/c1-22-11-5-8-13-14(9-11)29-20-17(23-13)16(21(26)27)15(18(24)19(20)25)10-3-6-12(28-2)7-4-10/h3-9,22-23H,1-2H3,(H,26,27). The molecular weight excluding hydrogens is 376 g/mol. The smallest absolute Gasteiger partial charge is 0.338 e. The number of methoxy groups -OCH3 is 1. The zero-order valence-electron chi connectivity index (χ0n) is 15.5. The molecule has 1 aliphatic heterocycles. The van der Waals surface area contributed by atoms with E-state index in [2.05, 4.69) is 10.3 Å². The Morgan fingerprint density at radius 2 is 1.83 bits per heavy atom. The first-order chi connectivity index (χ1) is 13.9. The molecule has 1 heterocycles. The Morgan fingerprint density at radius 1 is 1.10 bits per heavy atom. The zero-order chi connectivity index (χ0) is 20.7. The van der Waals surface area contributed by atoms with Crippen LogP contribution in [0, 0.1) is 10.8 Å². The first-order valence-corrected chi connectivity index (χ1v) is 8.67. The van der Waals surface area contributed by atoms with Crippen LogP contribution >= 0.6 is 0 Å². The molecule has 0 atom stereocenters. The lowest BCUT2D eigenvalue weighted by Crippen LogP contribution is -2.30. The number of aromatic amines is 1. The summed E-state index contributed by atoms with van der Waals surface area (Å²) >= 11 is 0. The second kappa shape index (κ2) is 6.83. The highest BCUT2D eigenvalue weighted by molar-refractivity contribution is 5.96. The second-order valence-electron chi connectivity index (χ2n) is 6.33. The number of carbonyl (C=O) groups is 1. The molecule has 0 bridgehead atoms. The Morgan fingerprint density at radius 3 is 2.45 bits per heavy atom. The van der Waals surface area contributed by atoms with Crippen molar-refractivity contribution in [2.75, 3.05) is 19.5 Å². The van der Waals surface area contributed by atoms with Gasteiger partial charge in [-0.15, -0.1) is 0 Å². The molecule has 0 unspecified atom stereocenters. The molecule has 8 heteroatoms. The molecule has 4 rings (SSSR count). The van der Waals surface area contributed by atoms with Crippen LogP contribution in [0.3, 0.4) is 0 Å². The van der Waals surface area contributed by atoms with E-state index in [0.717, 1.165) is 5.69 Å². The minimum Gasteiger partial charge on any atom is -0.497 e. The minimum absolute atomic E-state index is 0.0439. The molecule has 0 fully saturated rings. The highest BCUT2D eigenvalue weighted by atomic mass is 16.5. The summed E-state index contributed by atoms with van der Waals surface area (Å²) in [7, 11) is 3.22. The molecule has 0 saturated heterocycles. The monoisotopic (exact) mass is 392 g/mol. The van der Waals surface area contributed by atoms with Gasteiger partial charge in [-0.1, -0.05) is 12.1 Å². The quantitative estimate of drug-likeness (QED) is 0.456. The third-order valence-electron chi connectivity index (χ3n) is 4.70. The van der Waals surface area contributed by atoms with Crippen LogP contribution in [0.4, 0.5) is 5.69 Å². The third kappa shape index (κ3) is 2.91. The molecule has 0 radical (unpaired) electrons. The topological polar surface area (TPSA) is 122 Å². The summed E-state index contributed by atoms with van der Waals surface area (Å²) in [5.74, 6) is -0.815. The number of aromatic nitrogens is 1. The van der Waals surface area contributed by atoms with Gasteiger partial charge in [0.25, 0.3) is 5.43 Å². The normalized spacial score (nSPS) is 11.0. The maximum Gasteiger partial charge on any atom is 0.338 e. The number of H-pyrrole nitrogens is 1. The van der Waals surface area contributed by atoms with Gasteiger partial charge in [0.2, 0.25) is 10.8 Å². The highest BCUT2D eigenvalue weighted by Gasteiger charge is 2.23. The van der Waals surface area contributed by atoms with Crippen LogP contribution in [0.5, 0.6) is 5.75 Å². The van der Waals surface area contributed by atoms with E-state index in [1.165, 1.54) is 19.2 Å². The number of carboxylic acid groups (broad SMARTS) is 1. The molecule has 0 aromatic heterocycles. The minimum atomic E-state index is -1.35. The van der Waals surface area contributed by atoms with Crippen LogP contribution in [0.1, 0.15) is 10.4 Å². The predicted molar refractivity (Wildman–Crippen MR) is 107 cm³/mol. The van der Waals surface area contributed by atoms with Crippen LogP contribution in [0.2, 0.25) is 0 Å². The van der Waals surface area contributed by atoms with Crippen LogP contribution < -0.4 is 20.9 Å². The maximum atomic E-state index is 12.8. The number of rotatable bonds is 4. The number of benzene rings is 2. The van der Waals surface area contributed by atoms with Crippen molar-refractivity contribution in [3.05, 3.63) is 79.2 Å². The number of nitrogens with one attached hydrogen (secondary N) is 2. The summed E-state index contributed by atoms with van der Waals surface area (Å²) in [6.45, 7) is 0. The van der Waals surface area contributed by atoms with Gasteiger partial charge in [0.1, 0.15) is 11.1 Å². The molecule has 8 nitrogen and oxygen atoms in total. The molecule has 3 N–H and O–H groups in total. The van der Waals surface area contributed by atoms with Gasteiger partial charge in [0.15, 0.2) is 5.58 Å². The van der Waals surface area contributed by atoms with Crippen molar-refractivity contribution in [2.45, 2.75) is 0 Å². The molecule has 0 amide bonds. The number of hydrogen-bond acceptors (Lipinski definition) is 6. The Bertz CT molecular complexity index is 1430. The number of carboxylic acids is 1. The van der Waals surface area contributed by atoms with Gasteiger partial charge in [-0.05, 0) is 29.8 Å². The predicted octanol–water partition coefficient (Wildman–Crippen LogP) is 2.62. The van der Waals surface area contributed by atoms with Gasteiger partial charge in [0.05, 0.1) is 23.8 Å². The van der Waals surface area contributed by atoms with E-state index < -0.39 is 16.8 Å². The number of anilines is 1. The zero-order valence-corrected chi connectivity index (χ0v) is 15.5. The van der Waals surface area contributed by atoms with Crippen molar-refractivity contribution in [3.63, 3.8) is 0 Å². The number of ether oxygens (including phenoxy) is 1. The molecule has 146 valence electrons. The number of hydrogen-bond donors (Lipinski definition) is 3. The fourth-order valence-electron chi connectivity index (χ4n) is 3.26. The number of fused-ring (bicyclic) bond motifs is 1. The van der Waals surface area contributed by atoms with Crippen LogP contribution in [-0.4, -0.2) is 30.2 Å². The van der Waals surface area contributed by atoms with Gasteiger partial charge in [-0.2, -0.15) is 0 Å². The average Bonchev–Trinajstić information content (AvgIpc) is 2.74. The molecular formula is C21H16N2O6. The summed E-state index contributed by atoms with van der Waals surface area (Å²) in [4.78, 5) is 40.6. The summed E-state index contributed by atoms with van der Waals surface area (Å²) < 4.78 is 10.7. The Balaban J connectivity index is 2.17. The Labute approximate surface area is 163 Å². The van der Waals surface area contributed by atoms with Crippen molar-refractivity contribution in [1.29, 1.82) is 0 Å². The number of aromatic carboxylic acids is 1. The van der Waals surface area contributed by atoms with E-state index in [-0.39, 0.29) is 21.9 Å². The Hall–Kier alpha value is -4.07. The van der Waals surface area contributed by atoms with Crippen LogP contribution in [-0.2, 0) is 0 Å². The van der Waals surface area contributed by atoms with E-state index in [4.69, 9.17) is 9.15 Å². The van der Waals surface area contributed by atoms with Crippen LogP contribution in [0.25, 0.3) is 22.2 Å². The van der Waals surface area contributed by atoms with E-state index in [9.17, 15) is 19.5 Å². The summed E-state index contributed by atoms with van der Waals surface area (Å²) in [5, 5.41) is 12.8. The molecule has 2 aliphatic rings. The summed E-state index contributed by atoms with van der Waals surface area (Å²) in [5.41, 5.74) is -0.876. The fourth-order valence-corrected chi connectivity index (χ4v) is 3.26. The third-order valence-corrected chi connectivity index (χ3v) is 4.70. The Kier molecular flexibility index (Phi) is 4.31. The van der Waals surface area contributed by atoms with Crippen molar-refractivity contribution >= 4 is 22.8 Å². The lowest BCUT2D eigenvalue weighted by Gasteiger charge is -2.09. The molecule has 0 spiro atoms. The molecule has 2 aromatic carbocycles. The fraction of sp³-hybridized carbons (Fsp3) is 0.0952. The van der Waals surface area contributed by atoms with Crippen molar-refractivity contribution in [1.82, 2.24) is 4.98 Å². The van der Waals surface area contributed by atoms with E-state index in [1.807, 2.05) is 0 Å². The van der Waals surface area contributed by atoms with E-state index >= 15 is 0 Å². The molecule has 0 saturated carbocycles. The lowest BCUT2D eigenvalue weighted by atomic mass is 9.98. The largest absolute Gasteiger partial charge is 0.497 e. The van der Waals surface area contributed by atoms with Gasteiger partial charge < -0.3 is 24.6 Å². The van der Waals surface area contributed by atoms with Crippen molar-refractivity contribution in [2.24, 2.45) is 0 Å². The summed E-state index contributed by atoms with van der Waals surface area (Å²) in [6.07, 6.45) is 0. The first kappa shape index (κ1) is 18.3. The highest BCUT2D eigenvalue weighted by Crippen LogP contribution is 2.25. The summed E-state index contributed by atoms with van der Waals surface area (Å²) in [6, 6.07) is 11.3. The van der Waals surface area contributed by atoms with E-state index in [1.54, 1.807) is 37.4 Å². The van der Waals surface area contributed by atoms with Gasteiger partial charge >= 0.3 is 5.97 Å². The lowest BCUT2D eigenvalue weighted by molar-refractivity contribution is 0.0695. The SMILES string of the molecule is CNc1ccc2[nH]c3c(C(=O)O)c(-c4ccc(OC)cc4)c(=O)c(=O)c=3oc2c1. The molecule has 29 heavy (non-hydrogen) atoms. The van der Waals surface area contributed by atoms with Gasteiger partial charge in [0, 0.05) is 18.8 Å². The van der Waals surface area contributed by atoms with Gasteiger partial charge in [-0.3, -0.25) is 9.59 Å². The van der Waals surface area contributed by atoms with Crippen molar-refractivity contribution < 1.29 is 19.1 Å². The van der Waals surface area contributed by atoms with Gasteiger partial charge in [-0.25, -0.2) is 4.79 Å². The molecule has 1 aliphatic carbocycles. The first-order valence-electron chi connectivity index (χ1n) is 8.67. The average molecular weight is 392 g/mol. The van der Waals surface area contributed by atoms with Crippen molar-refractivity contribution in [3.8, 4) is 16.9 Å². The van der Waals surface area contributed by atoms with E-state index in [0.29, 0.717) is 22.4 Å². The van der Waals surface area contributed by atoms with Crippen LogP contribution in [0.15, 0.2) is 56.5 Å².